The molecule has 2 amide bonds. The molecule has 1 fully saturated rings. The van der Waals surface area contributed by atoms with Crippen LogP contribution in [0.2, 0.25) is 0 Å². The minimum Gasteiger partial charge on any atom is -0.487 e. The molecule has 0 bridgehead atoms. The van der Waals surface area contributed by atoms with Gasteiger partial charge in [-0.3, -0.25) is 9.59 Å². The van der Waals surface area contributed by atoms with Crippen LogP contribution in [0.1, 0.15) is 44.8 Å². The lowest BCUT2D eigenvalue weighted by atomic mass is 10.1. The van der Waals surface area contributed by atoms with Gasteiger partial charge in [0.2, 0.25) is 0 Å². The van der Waals surface area contributed by atoms with Crippen molar-refractivity contribution < 1.29 is 14.3 Å². The molecular weight excluding hydrogens is 428 g/mol. The number of fused-ring (bicyclic) bond motifs is 1. The molecule has 5 rings (SSSR count). The summed E-state index contributed by atoms with van der Waals surface area (Å²) in [6.45, 7) is 3.84. The van der Waals surface area contributed by atoms with E-state index in [1.807, 2.05) is 58.9 Å². The minimum atomic E-state index is -0.296. The molecule has 3 heterocycles. The Bertz CT molecular complexity index is 1360. The van der Waals surface area contributed by atoms with Gasteiger partial charge < -0.3 is 19.4 Å². The van der Waals surface area contributed by atoms with E-state index in [0.717, 1.165) is 42.8 Å². The van der Waals surface area contributed by atoms with E-state index in [0.29, 0.717) is 29.2 Å². The predicted octanol–water partition coefficient (Wildman–Crippen LogP) is 4.71. The molecule has 4 aromatic rings. The number of nitrogens with one attached hydrogen (secondary N) is 1. The Morgan fingerprint density at radius 1 is 1.00 bits per heavy atom. The highest BCUT2D eigenvalue weighted by Gasteiger charge is 2.22. The summed E-state index contributed by atoms with van der Waals surface area (Å²) in [6, 6.07) is 18.1. The molecule has 1 saturated heterocycles. The van der Waals surface area contributed by atoms with Crippen LogP contribution in [0.4, 0.5) is 5.69 Å². The molecule has 7 nitrogen and oxygen atoms in total. The topological polar surface area (TPSA) is 75.9 Å². The van der Waals surface area contributed by atoms with E-state index < -0.39 is 0 Å². The van der Waals surface area contributed by atoms with Gasteiger partial charge in [0.15, 0.2) is 0 Å². The molecule has 1 N–H and O–H groups in total. The van der Waals surface area contributed by atoms with E-state index in [9.17, 15) is 9.59 Å². The van der Waals surface area contributed by atoms with Crippen LogP contribution in [0.5, 0.6) is 5.75 Å². The maximum atomic E-state index is 13.0. The second kappa shape index (κ2) is 9.39. The predicted molar refractivity (Wildman–Crippen MR) is 130 cm³/mol. The highest BCUT2D eigenvalue weighted by atomic mass is 16.5. The number of hydrogen-bond donors (Lipinski definition) is 1. The van der Waals surface area contributed by atoms with Crippen LogP contribution in [0.3, 0.4) is 0 Å². The first-order valence-corrected chi connectivity index (χ1v) is 11.4. The molecule has 7 heteroatoms. The van der Waals surface area contributed by atoms with Crippen LogP contribution in [-0.4, -0.2) is 39.2 Å². The number of hydrogen-bond acceptors (Lipinski definition) is 4. The summed E-state index contributed by atoms with van der Waals surface area (Å²) >= 11 is 0. The van der Waals surface area contributed by atoms with Crippen molar-refractivity contribution in [3.63, 3.8) is 0 Å². The monoisotopic (exact) mass is 454 g/mol. The quantitative estimate of drug-likeness (QED) is 0.458. The molecule has 0 unspecified atom stereocenters. The minimum absolute atomic E-state index is 0.0480. The fourth-order valence-corrected chi connectivity index (χ4v) is 4.17. The molecule has 34 heavy (non-hydrogen) atoms. The number of benzene rings is 2. The van der Waals surface area contributed by atoms with E-state index in [-0.39, 0.29) is 11.8 Å². The number of imidazole rings is 1. The molecule has 1 aliphatic heterocycles. The third kappa shape index (κ3) is 4.64. The molecule has 2 aromatic carbocycles. The molecule has 0 saturated carbocycles. The van der Waals surface area contributed by atoms with Crippen LogP contribution in [0.25, 0.3) is 5.65 Å². The van der Waals surface area contributed by atoms with Crippen LogP contribution in [-0.2, 0) is 6.61 Å². The number of nitrogens with zero attached hydrogens (tertiary/aromatic N) is 3. The van der Waals surface area contributed by atoms with Crippen molar-refractivity contribution in [1.29, 1.82) is 0 Å². The zero-order valence-corrected chi connectivity index (χ0v) is 19.0. The number of carbonyl (C=O) groups excluding carboxylic acids is 2. The smallest absolute Gasteiger partial charge is 0.255 e. The lowest BCUT2D eigenvalue weighted by molar-refractivity contribution is 0.0794. The van der Waals surface area contributed by atoms with Gasteiger partial charge in [-0.05, 0) is 61.7 Å². The van der Waals surface area contributed by atoms with Gasteiger partial charge in [0.25, 0.3) is 11.8 Å². The maximum Gasteiger partial charge on any atom is 0.255 e. The average molecular weight is 455 g/mol. The zero-order chi connectivity index (χ0) is 23.5. The van der Waals surface area contributed by atoms with Crippen LogP contribution in [0, 0.1) is 6.92 Å². The summed E-state index contributed by atoms with van der Waals surface area (Å²) in [4.78, 5) is 32.3. The molecule has 0 atom stereocenters. The number of pyridine rings is 1. The van der Waals surface area contributed by atoms with Gasteiger partial charge in [-0.25, -0.2) is 4.98 Å². The SMILES string of the molecule is Cc1ccc2nc(COc3cccc(C(=O)Nc4ccccc4C(=O)N4CCCC4)c3)cn2c1. The molecule has 172 valence electrons. The van der Waals surface area contributed by atoms with E-state index >= 15 is 0 Å². The van der Waals surface area contributed by atoms with E-state index in [1.165, 1.54) is 0 Å². The van der Waals surface area contributed by atoms with Gasteiger partial charge >= 0.3 is 0 Å². The summed E-state index contributed by atoms with van der Waals surface area (Å²) < 4.78 is 7.88. The van der Waals surface area contributed by atoms with Crippen molar-refractivity contribution in [2.45, 2.75) is 26.4 Å². The van der Waals surface area contributed by atoms with Crippen LogP contribution >= 0.6 is 0 Å². The average Bonchev–Trinajstić information content (AvgIpc) is 3.53. The van der Waals surface area contributed by atoms with Crippen molar-refractivity contribution in [2.24, 2.45) is 0 Å². The van der Waals surface area contributed by atoms with E-state index in [1.54, 1.807) is 30.3 Å². The van der Waals surface area contributed by atoms with Crippen molar-refractivity contribution in [2.75, 3.05) is 18.4 Å². The normalized spacial score (nSPS) is 13.3. The number of aryl methyl sites for hydroxylation is 1. The maximum absolute atomic E-state index is 13.0. The molecule has 1 aliphatic rings. The lowest BCUT2D eigenvalue weighted by Crippen LogP contribution is -2.28. The third-order valence-corrected chi connectivity index (χ3v) is 5.93. The Morgan fingerprint density at radius 3 is 2.68 bits per heavy atom. The number of ether oxygens (including phenoxy) is 1. The first kappa shape index (κ1) is 21.7. The third-order valence-electron chi connectivity index (χ3n) is 5.93. The number of para-hydroxylation sites is 1. The number of likely N-dealkylation sites (tertiary alicyclic amines) is 1. The Kier molecular flexibility index (Phi) is 5.99. The number of amides is 2. The standard InChI is InChI=1S/C27H26N4O3/c1-19-11-12-25-28-21(17-31(25)16-19)18-34-22-8-6-7-20(15-22)26(32)29-24-10-3-2-9-23(24)27(33)30-13-4-5-14-30/h2-3,6-12,15-17H,4-5,13-14,18H2,1H3,(H,29,32). The van der Waals surface area contributed by atoms with Crippen LogP contribution in [0.15, 0.2) is 73.1 Å². The second-order valence-corrected chi connectivity index (χ2v) is 8.52. The first-order valence-electron chi connectivity index (χ1n) is 11.4. The van der Waals surface area contributed by atoms with Gasteiger partial charge in [0.1, 0.15) is 18.0 Å². The van der Waals surface area contributed by atoms with Crippen molar-refractivity contribution in [3.8, 4) is 5.75 Å². The Balaban J connectivity index is 1.28. The zero-order valence-electron chi connectivity index (χ0n) is 19.0. The summed E-state index contributed by atoms with van der Waals surface area (Å²) in [5, 5.41) is 2.90. The van der Waals surface area contributed by atoms with Crippen LogP contribution < -0.4 is 10.1 Å². The molecule has 2 aromatic heterocycles. The van der Waals surface area contributed by atoms with E-state index in [4.69, 9.17) is 4.74 Å². The Morgan fingerprint density at radius 2 is 1.82 bits per heavy atom. The molecular formula is C27H26N4O3. The fourth-order valence-electron chi connectivity index (χ4n) is 4.17. The number of anilines is 1. The summed E-state index contributed by atoms with van der Waals surface area (Å²) in [5.74, 6) is 0.228. The first-order chi connectivity index (χ1) is 16.6. The number of aromatic nitrogens is 2. The summed E-state index contributed by atoms with van der Waals surface area (Å²) in [7, 11) is 0. The van der Waals surface area contributed by atoms with Gasteiger partial charge in [0, 0.05) is 31.0 Å². The Hall–Kier alpha value is -4.13. The molecule has 0 spiro atoms. The van der Waals surface area contributed by atoms with E-state index in [2.05, 4.69) is 10.3 Å². The highest BCUT2D eigenvalue weighted by molar-refractivity contribution is 6.09. The largest absolute Gasteiger partial charge is 0.487 e. The molecule has 0 aliphatic carbocycles. The summed E-state index contributed by atoms with van der Waals surface area (Å²) in [6.07, 6.45) is 5.99. The highest BCUT2D eigenvalue weighted by Crippen LogP contribution is 2.22. The lowest BCUT2D eigenvalue weighted by Gasteiger charge is -2.18. The van der Waals surface area contributed by atoms with Gasteiger partial charge in [-0.15, -0.1) is 0 Å². The Labute approximate surface area is 198 Å². The molecule has 0 radical (unpaired) electrons. The number of carbonyl (C=O) groups is 2. The fraction of sp³-hybridized carbons (Fsp3) is 0.222. The van der Waals surface area contributed by atoms with Crippen molar-refractivity contribution in [1.82, 2.24) is 14.3 Å². The van der Waals surface area contributed by atoms with Crippen molar-refractivity contribution in [3.05, 3.63) is 95.4 Å². The summed E-state index contributed by atoms with van der Waals surface area (Å²) in [5.41, 5.74) is 4.28. The number of rotatable bonds is 6. The van der Waals surface area contributed by atoms with Gasteiger partial charge in [-0.1, -0.05) is 24.3 Å². The van der Waals surface area contributed by atoms with Crippen molar-refractivity contribution >= 4 is 23.1 Å². The van der Waals surface area contributed by atoms with Gasteiger partial charge in [-0.2, -0.15) is 0 Å². The van der Waals surface area contributed by atoms with Gasteiger partial charge in [0.05, 0.1) is 16.9 Å². The second-order valence-electron chi connectivity index (χ2n) is 8.52.